The summed E-state index contributed by atoms with van der Waals surface area (Å²) < 4.78 is 17.2. The maximum absolute atomic E-state index is 13.6. The third-order valence-electron chi connectivity index (χ3n) is 7.71. The molecule has 1 heterocycles. The monoisotopic (exact) mass is 563 g/mol. The molecule has 11 nitrogen and oxygen atoms in total. The summed E-state index contributed by atoms with van der Waals surface area (Å²) in [5.41, 5.74) is 5.39. The number of aliphatic hydroxyl groups is 2. The Balaban J connectivity index is 0.00000353. The predicted octanol–water partition coefficient (Wildman–Crippen LogP) is 1.31. The van der Waals surface area contributed by atoms with Gasteiger partial charge in [-0.2, -0.15) is 0 Å². The van der Waals surface area contributed by atoms with Gasteiger partial charge in [-0.15, -0.1) is 12.4 Å². The second kappa shape index (κ2) is 10.8. The van der Waals surface area contributed by atoms with Crippen LogP contribution >= 0.6 is 12.4 Å². The molecule has 0 amide bonds. The van der Waals surface area contributed by atoms with Gasteiger partial charge in [0.25, 0.3) is 0 Å². The number of phenolic OH excluding ortho intramolecular Hbond substituents is 2. The van der Waals surface area contributed by atoms with Crippen molar-refractivity contribution in [3.63, 3.8) is 0 Å². The fourth-order valence-corrected chi connectivity index (χ4v) is 5.73. The number of aromatic hydroxyl groups is 2. The van der Waals surface area contributed by atoms with Crippen LogP contribution in [0.15, 0.2) is 18.2 Å². The number of hydrogen-bond donors (Lipinski definition) is 5. The molecular formula is C27H30ClNO10. The molecule has 1 aliphatic heterocycles. The Morgan fingerprint density at radius 2 is 1.79 bits per heavy atom. The SMILES string of the molecule is COc1cccc2c1C(=O)c1c(O)c3c(c(O)c1C2=O)C[C@@H](C(=O)CO)C[C@@H]3OC1CC(N)C(O)C(C)O1.Cl. The fourth-order valence-electron chi connectivity index (χ4n) is 5.73. The standard InChI is InChI=1S/C27H29NO10.ClH/c1-10-23(31)14(28)8-18(37-10)38-17-7-11(15(30)9-29)6-13-20(17)27(35)22-21(25(13)33)24(32)12-4-3-5-16(36-2)19(12)26(22)34;/h3-5,10-11,14,17-18,23,29,31,33,35H,6-9,28H2,1-2H3;1H/t10?,11-,14?,17+,18?,23?;/m1./s1. The molecule has 2 aromatic rings. The number of aliphatic hydroxyl groups excluding tert-OH is 2. The molecule has 1 fully saturated rings. The van der Waals surface area contributed by atoms with Crippen molar-refractivity contribution in [3.8, 4) is 17.2 Å². The average Bonchev–Trinajstić information content (AvgIpc) is 2.90. The molecule has 5 rings (SSSR count). The minimum atomic E-state index is -1.06. The quantitative estimate of drug-likeness (QED) is 0.282. The molecule has 6 atom stereocenters. The lowest BCUT2D eigenvalue weighted by molar-refractivity contribution is -0.243. The van der Waals surface area contributed by atoms with E-state index in [0.717, 1.165) is 0 Å². The largest absolute Gasteiger partial charge is 0.507 e. The summed E-state index contributed by atoms with van der Waals surface area (Å²) >= 11 is 0. The van der Waals surface area contributed by atoms with Crippen LogP contribution in [0.25, 0.3) is 0 Å². The van der Waals surface area contributed by atoms with E-state index in [1.807, 2.05) is 0 Å². The van der Waals surface area contributed by atoms with E-state index in [2.05, 4.69) is 0 Å². The minimum Gasteiger partial charge on any atom is -0.507 e. The van der Waals surface area contributed by atoms with Crippen molar-refractivity contribution in [2.75, 3.05) is 13.7 Å². The van der Waals surface area contributed by atoms with Gasteiger partial charge in [-0.25, -0.2) is 0 Å². The molecule has 0 saturated carbocycles. The van der Waals surface area contributed by atoms with E-state index < -0.39 is 72.0 Å². The second-order valence-corrected chi connectivity index (χ2v) is 9.93. The van der Waals surface area contributed by atoms with Crippen LogP contribution in [0.4, 0.5) is 0 Å². The first-order valence-corrected chi connectivity index (χ1v) is 12.3. The van der Waals surface area contributed by atoms with Gasteiger partial charge in [0.1, 0.15) is 23.9 Å². The lowest BCUT2D eigenvalue weighted by atomic mass is 9.73. The lowest BCUT2D eigenvalue weighted by Crippen LogP contribution is -2.52. The zero-order valence-electron chi connectivity index (χ0n) is 21.2. The summed E-state index contributed by atoms with van der Waals surface area (Å²) in [5, 5.41) is 42.4. The lowest BCUT2D eigenvalue weighted by Gasteiger charge is -2.40. The second-order valence-electron chi connectivity index (χ2n) is 9.93. The van der Waals surface area contributed by atoms with E-state index in [1.54, 1.807) is 6.92 Å². The fraction of sp³-hybridized carbons (Fsp3) is 0.444. The number of halogens is 1. The summed E-state index contributed by atoms with van der Waals surface area (Å²) in [6, 6.07) is 3.83. The highest BCUT2D eigenvalue weighted by Crippen LogP contribution is 2.51. The number of hydrogen-bond acceptors (Lipinski definition) is 11. The van der Waals surface area contributed by atoms with Crippen LogP contribution in [-0.4, -0.2) is 76.0 Å². The van der Waals surface area contributed by atoms with E-state index >= 15 is 0 Å². The van der Waals surface area contributed by atoms with E-state index in [4.69, 9.17) is 19.9 Å². The summed E-state index contributed by atoms with van der Waals surface area (Å²) in [4.78, 5) is 39.6. The summed E-state index contributed by atoms with van der Waals surface area (Å²) in [6.45, 7) is 0.880. The van der Waals surface area contributed by atoms with Crippen LogP contribution in [0.5, 0.6) is 17.2 Å². The number of methoxy groups -OCH3 is 1. The molecule has 4 unspecified atom stereocenters. The van der Waals surface area contributed by atoms with Gasteiger partial charge < -0.3 is 40.4 Å². The van der Waals surface area contributed by atoms with Crippen molar-refractivity contribution in [3.05, 3.63) is 51.6 Å². The maximum atomic E-state index is 13.6. The van der Waals surface area contributed by atoms with Gasteiger partial charge in [-0.05, 0) is 25.8 Å². The van der Waals surface area contributed by atoms with E-state index in [0.29, 0.717) is 0 Å². The first-order chi connectivity index (χ1) is 18.1. The Morgan fingerprint density at radius 1 is 1.10 bits per heavy atom. The third-order valence-corrected chi connectivity index (χ3v) is 7.71. The Hall–Kier alpha value is -3.06. The van der Waals surface area contributed by atoms with Crippen LogP contribution in [0.3, 0.4) is 0 Å². The molecule has 6 N–H and O–H groups in total. The van der Waals surface area contributed by atoms with Crippen LogP contribution in [0, 0.1) is 5.92 Å². The predicted molar refractivity (Wildman–Crippen MR) is 138 cm³/mol. The first kappa shape index (κ1) is 28.9. The van der Waals surface area contributed by atoms with Crippen molar-refractivity contribution < 1.29 is 49.0 Å². The highest BCUT2D eigenvalue weighted by atomic mass is 35.5. The number of benzene rings is 2. The molecule has 0 bridgehead atoms. The first-order valence-electron chi connectivity index (χ1n) is 12.3. The zero-order chi connectivity index (χ0) is 27.5. The topological polar surface area (TPSA) is 186 Å². The Kier molecular flexibility index (Phi) is 8.04. The van der Waals surface area contributed by atoms with Gasteiger partial charge in [0.05, 0.1) is 42.1 Å². The summed E-state index contributed by atoms with van der Waals surface area (Å²) in [7, 11) is 1.35. The number of rotatable bonds is 5. The number of fused-ring (bicyclic) bond motifs is 3. The van der Waals surface area contributed by atoms with Crippen molar-refractivity contribution >= 4 is 29.8 Å². The third kappa shape index (κ3) is 4.58. The molecule has 39 heavy (non-hydrogen) atoms. The van der Waals surface area contributed by atoms with E-state index in [9.17, 15) is 34.8 Å². The van der Waals surface area contributed by atoms with Crippen molar-refractivity contribution in [1.82, 2.24) is 0 Å². The number of carbonyl (C=O) groups excluding carboxylic acids is 3. The van der Waals surface area contributed by atoms with Gasteiger partial charge >= 0.3 is 0 Å². The molecule has 1 saturated heterocycles. The zero-order valence-corrected chi connectivity index (χ0v) is 22.1. The summed E-state index contributed by atoms with van der Waals surface area (Å²) in [5.74, 6) is -3.64. The van der Waals surface area contributed by atoms with Crippen LogP contribution in [0.1, 0.15) is 68.8 Å². The minimum absolute atomic E-state index is 0. The molecule has 3 aliphatic rings. The van der Waals surface area contributed by atoms with Gasteiger partial charge in [-0.1, -0.05) is 12.1 Å². The Morgan fingerprint density at radius 3 is 2.44 bits per heavy atom. The van der Waals surface area contributed by atoms with Crippen LogP contribution < -0.4 is 10.5 Å². The summed E-state index contributed by atoms with van der Waals surface area (Å²) in [6.07, 6.45) is -3.54. The molecule has 12 heteroatoms. The maximum Gasteiger partial charge on any atom is 0.202 e. The number of carbonyl (C=O) groups is 3. The molecular weight excluding hydrogens is 534 g/mol. The molecule has 0 aromatic heterocycles. The number of ketones is 3. The van der Waals surface area contributed by atoms with Gasteiger partial charge in [0.15, 0.2) is 17.9 Å². The van der Waals surface area contributed by atoms with Crippen molar-refractivity contribution in [2.24, 2.45) is 11.7 Å². The van der Waals surface area contributed by atoms with Gasteiger partial charge in [0.2, 0.25) is 5.78 Å². The number of Topliss-reactive ketones (excluding diaryl/α,β-unsaturated/α-hetero) is 1. The highest BCUT2D eigenvalue weighted by molar-refractivity contribution is 6.31. The Labute approximate surface area is 229 Å². The molecule has 0 radical (unpaired) electrons. The van der Waals surface area contributed by atoms with Crippen LogP contribution in [0.2, 0.25) is 0 Å². The molecule has 2 aromatic carbocycles. The Bertz CT molecular complexity index is 1330. The van der Waals surface area contributed by atoms with Gasteiger partial charge in [0, 0.05) is 35.1 Å². The molecule has 2 aliphatic carbocycles. The number of nitrogens with two attached hydrogens (primary N) is 1. The van der Waals surface area contributed by atoms with E-state index in [-0.39, 0.29) is 70.8 Å². The van der Waals surface area contributed by atoms with Gasteiger partial charge in [-0.3, -0.25) is 14.4 Å². The molecule has 210 valence electrons. The van der Waals surface area contributed by atoms with Crippen molar-refractivity contribution in [2.45, 2.75) is 56.8 Å². The van der Waals surface area contributed by atoms with Crippen molar-refractivity contribution in [1.29, 1.82) is 0 Å². The van der Waals surface area contributed by atoms with Crippen LogP contribution in [-0.2, 0) is 20.7 Å². The molecule has 0 spiro atoms. The number of ether oxygens (including phenoxy) is 3. The highest BCUT2D eigenvalue weighted by Gasteiger charge is 2.45. The number of phenols is 2. The smallest absolute Gasteiger partial charge is 0.202 e. The average molecular weight is 564 g/mol. The normalized spacial score (nSPS) is 27.6. The van der Waals surface area contributed by atoms with E-state index in [1.165, 1.54) is 25.3 Å².